The van der Waals surface area contributed by atoms with E-state index in [0.29, 0.717) is 16.8 Å². The van der Waals surface area contributed by atoms with Crippen molar-refractivity contribution in [3.63, 3.8) is 0 Å². The molecule has 1 fully saturated rings. The fraction of sp³-hybridized carbons (Fsp3) is 0.167. The zero-order chi connectivity index (χ0) is 21.5. The van der Waals surface area contributed by atoms with Gasteiger partial charge in [0.15, 0.2) is 5.16 Å². The van der Waals surface area contributed by atoms with Crippen LogP contribution in [0.1, 0.15) is 30.0 Å². The predicted molar refractivity (Wildman–Crippen MR) is 132 cm³/mol. The molecule has 0 atom stereocenters. The second-order valence-electron chi connectivity index (χ2n) is 7.66. The van der Waals surface area contributed by atoms with E-state index in [0.717, 1.165) is 45.1 Å². The minimum Gasteiger partial charge on any atom is -0.268 e. The van der Waals surface area contributed by atoms with Crippen molar-refractivity contribution < 1.29 is 0 Å². The molecule has 6 rings (SSSR count). The number of hydrogen-bond donors (Lipinski definition) is 0. The summed E-state index contributed by atoms with van der Waals surface area (Å²) in [6, 6.07) is 15.6. The predicted octanol–water partition coefficient (Wildman–Crippen LogP) is 6.14. The van der Waals surface area contributed by atoms with E-state index < -0.39 is 0 Å². The minimum atomic E-state index is 0.0271. The molecule has 5 nitrogen and oxygen atoms in total. The molecule has 32 heavy (non-hydrogen) atoms. The van der Waals surface area contributed by atoms with E-state index in [9.17, 15) is 4.79 Å². The van der Waals surface area contributed by atoms with Gasteiger partial charge >= 0.3 is 0 Å². The van der Waals surface area contributed by atoms with Gasteiger partial charge in [-0.2, -0.15) is 0 Å². The Morgan fingerprint density at radius 2 is 1.84 bits per heavy atom. The third-order valence-corrected chi connectivity index (χ3v) is 8.20. The molecule has 4 aromatic heterocycles. The van der Waals surface area contributed by atoms with Crippen LogP contribution >= 0.6 is 34.4 Å². The first-order chi connectivity index (χ1) is 15.8. The smallest absolute Gasteiger partial charge is 0.267 e. The van der Waals surface area contributed by atoms with Gasteiger partial charge in [0.25, 0.3) is 5.56 Å². The summed E-state index contributed by atoms with van der Waals surface area (Å²) in [6.07, 6.45) is 4.10. The molecule has 0 aliphatic heterocycles. The molecule has 4 heterocycles. The van der Waals surface area contributed by atoms with Crippen LogP contribution in [0.3, 0.4) is 0 Å². The minimum absolute atomic E-state index is 0.0271. The number of thiazole rings is 1. The number of fused-ring (bicyclic) bond motifs is 1. The van der Waals surface area contributed by atoms with Gasteiger partial charge in [-0.15, -0.1) is 22.7 Å². The Morgan fingerprint density at radius 1 is 1.00 bits per heavy atom. The van der Waals surface area contributed by atoms with Gasteiger partial charge in [0.2, 0.25) is 0 Å². The summed E-state index contributed by atoms with van der Waals surface area (Å²) in [5, 5.41) is 6.57. The van der Waals surface area contributed by atoms with Crippen molar-refractivity contribution in [3.8, 4) is 16.4 Å². The third kappa shape index (κ3) is 3.68. The zero-order valence-electron chi connectivity index (χ0n) is 17.0. The van der Waals surface area contributed by atoms with Crippen LogP contribution in [0, 0.1) is 0 Å². The Bertz CT molecular complexity index is 1450. The highest BCUT2D eigenvalue weighted by Gasteiger charge is 2.29. The van der Waals surface area contributed by atoms with Gasteiger partial charge in [-0.25, -0.2) is 9.97 Å². The summed E-state index contributed by atoms with van der Waals surface area (Å²) >= 11 is 4.71. The molecule has 0 amide bonds. The first-order valence-electron chi connectivity index (χ1n) is 10.4. The van der Waals surface area contributed by atoms with Crippen molar-refractivity contribution in [2.45, 2.75) is 29.7 Å². The molecule has 0 unspecified atom stereocenters. The Hall–Kier alpha value is -2.81. The molecular formula is C24H18N4OS3. The van der Waals surface area contributed by atoms with Crippen molar-refractivity contribution in [1.29, 1.82) is 0 Å². The summed E-state index contributed by atoms with van der Waals surface area (Å²) in [7, 11) is 0. The van der Waals surface area contributed by atoms with Crippen LogP contribution in [-0.4, -0.2) is 19.5 Å². The van der Waals surface area contributed by atoms with E-state index in [1.807, 2.05) is 48.5 Å². The fourth-order valence-corrected chi connectivity index (χ4v) is 6.58. The average Bonchev–Trinajstić information content (AvgIpc) is 3.41. The molecule has 1 saturated carbocycles. The molecule has 1 aromatic carbocycles. The van der Waals surface area contributed by atoms with Gasteiger partial charge in [0.05, 0.1) is 22.5 Å². The van der Waals surface area contributed by atoms with E-state index in [-0.39, 0.29) is 5.56 Å². The Labute approximate surface area is 196 Å². The normalized spacial score (nSPS) is 13.6. The van der Waals surface area contributed by atoms with Crippen LogP contribution in [0.25, 0.3) is 26.6 Å². The summed E-state index contributed by atoms with van der Waals surface area (Å²) in [4.78, 5) is 28.5. The fourth-order valence-electron chi connectivity index (χ4n) is 3.71. The van der Waals surface area contributed by atoms with Gasteiger partial charge < -0.3 is 0 Å². The number of nitrogens with zero attached hydrogens (tertiary/aromatic N) is 4. The number of hydrogen-bond acceptors (Lipinski definition) is 7. The average molecular weight is 475 g/mol. The highest BCUT2D eigenvalue weighted by Crippen LogP contribution is 2.44. The maximum atomic E-state index is 13.7. The molecular weight excluding hydrogens is 456 g/mol. The van der Waals surface area contributed by atoms with E-state index >= 15 is 0 Å². The van der Waals surface area contributed by atoms with Crippen LogP contribution in [-0.2, 0) is 5.75 Å². The highest BCUT2D eigenvalue weighted by molar-refractivity contribution is 7.98. The first-order valence-corrected chi connectivity index (χ1v) is 13.1. The summed E-state index contributed by atoms with van der Waals surface area (Å²) in [5.74, 6) is 1.15. The van der Waals surface area contributed by atoms with Gasteiger partial charge in [-0.3, -0.25) is 14.3 Å². The van der Waals surface area contributed by atoms with Crippen molar-refractivity contribution in [3.05, 3.63) is 87.1 Å². The molecule has 5 aromatic rings. The molecule has 0 bridgehead atoms. The largest absolute Gasteiger partial charge is 0.268 e. The Kier molecular flexibility index (Phi) is 5.13. The van der Waals surface area contributed by atoms with Crippen molar-refractivity contribution in [2.75, 3.05) is 0 Å². The number of thiophene rings is 1. The quantitative estimate of drug-likeness (QED) is 0.219. The standard InChI is InChI=1S/C24H18N4OS3/c29-23-20-18(15-9-10-15)14-31-22(20)27-24(28(23)17-6-2-1-3-7-17)32-13-16-12-30-21(26-16)19-8-4-5-11-25-19/h1-8,11-12,14-15H,9-10,13H2. The molecule has 0 saturated heterocycles. The third-order valence-electron chi connectivity index (χ3n) is 5.42. The summed E-state index contributed by atoms with van der Waals surface area (Å²) in [5.41, 5.74) is 3.87. The lowest BCUT2D eigenvalue weighted by molar-refractivity contribution is 0.820. The summed E-state index contributed by atoms with van der Waals surface area (Å²) in [6.45, 7) is 0. The SMILES string of the molecule is O=c1c2c(C3CC3)csc2nc(SCc2csc(-c3ccccn3)n2)n1-c1ccccc1. The number of para-hydroxylation sites is 1. The lowest BCUT2D eigenvalue weighted by atomic mass is 10.1. The number of thioether (sulfide) groups is 1. The van der Waals surface area contributed by atoms with Crippen molar-refractivity contribution >= 4 is 44.7 Å². The maximum absolute atomic E-state index is 13.7. The van der Waals surface area contributed by atoms with Crippen LogP contribution in [0.2, 0.25) is 0 Å². The van der Waals surface area contributed by atoms with E-state index in [1.165, 1.54) is 5.56 Å². The number of rotatable bonds is 6. The van der Waals surface area contributed by atoms with E-state index in [1.54, 1.807) is 45.2 Å². The molecule has 0 N–H and O–H groups in total. The van der Waals surface area contributed by atoms with Crippen LogP contribution < -0.4 is 5.56 Å². The molecule has 1 aliphatic carbocycles. The lowest BCUT2D eigenvalue weighted by Gasteiger charge is -2.12. The Balaban J connectivity index is 1.38. The highest BCUT2D eigenvalue weighted by atomic mass is 32.2. The maximum Gasteiger partial charge on any atom is 0.267 e. The van der Waals surface area contributed by atoms with Crippen molar-refractivity contribution in [1.82, 2.24) is 19.5 Å². The second kappa shape index (κ2) is 8.27. The molecule has 0 radical (unpaired) electrons. The van der Waals surface area contributed by atoms with Crippen LogP contribution in [0.15, 0.2) is 75.4 Å². The molecule has 1 aliphatic rings. The monoisotopic (exact) mass is 474 g/mol. The first kappa shape index (κ1) is 19.8. The van der Waals surface area contributed by atoms with Crippen LogP contribution in [0.4, 0.5) is 0 Å². The van der Waals surface area contributed by atoms with Gasteiger partial charge in [-0.05, 0) is 54.0 Å². The van der Waals surface area contributed by atoms with Gasteiger partial charge in [0, 0.05) is 17.3 Å². The van der Waals surface area contributed by atoms with Gasteiger partial charge in [-0.1, -0.05) is 36.0 Å². The second-order valence-corrected chi connectivity index (χ2v) is 10.3. The molecule has 8 heteroatoms. The van der Waals surface area contributed by atoms with E-state index in [4.69, 9.17) is 9.97 Å². The van der Waals surface area contributed by atoms with Crippen LogP contribution in [0.5, 0.6) is 0 Å². The number of pyridine rings is 1. The van der Waals surface area contributed by atoms with E-state index in [2.05, 4.69) is 15.7 Å². The number of aromatic nitrogens is 4. The van der Waals surface area contributed by atoms with Crippen molar-refractivity contribution in [2.24, 2.45) is 0 Å². The topological polar surface area (TPSA) is 60.7 Å². The summed E-state index contributed by atoms with van der Waals surface area (Å²) < 4.78 is 1.76. The Morgan fingerprint density at radius 3 is 2.62 bits per heavy atom. The lowest BCUT2D eigenvalue weighted by Crippen LogP contribution is -2.21. The molecule has 0 spiro atoms. The van der Waals surface area contributed by atoms with Gasteiger partial charge in [0.1, 0.15) is 9.84 Å². The molecule has 158 valence electrons. The zero-order valence-corrected chi connectivity index (χ0v) is 19.4. The number of benzene rings is 1.